The molecule has 0 atom stereocenters. The molecule has 1 aliphatic carbocycles. The third-order valence-electron chi connectivity index (χ3n) is 2.24. The van der Waals surface area contributed by atoms with Crippen molar-refractivity contribution >= 4 is 5.91 Å². The normalized spacial score (nSPS) is 16.5. The van der Waals surface area contributed by atoms with Gasteiger partial charge in [-0.15, -0.1) is 0 Å². The maximum Gasteiger partial charge on any atom is 0.224 e. The summed E-state index contributed by atoms with van der Waals surface area (Å²) in [5, 5.41) is 2.77. The molecular formula is C10H18N2O. The van der Waals surface area contributed by atoms with Crippen LogP contribution in [0.5, 0.6) is 0 Å². The van der Waals surface area contributed by atoms with Gasteiger partial charge in [-0.25, -0.2) is 0 Å². The Kier molecular flexibility index (Phi) is 4.54. The molecule has 1 rings (SSSR count). The molecule has 0 unspecified atom stereocenters. The molecule has 1 amide bonds. The zero-order valence-corrected chi connectivity index (χ0v) is 8.01. The highest BCUT2D eigenvalue weighted by Crippen LogP contribution is 2.19. The Balaban J connectivity index is 2.22. The predicted octanol–water partition coefficient (Wildman–Crippen LogP) is 0.952. The summed E-state index contributed by atoms with van der Waals surface area (Å²) < 4.78 is 0. The molecule has 0 aromatic heterocycles. The summed E-state index contributed by atoms with van der Waals surface area (Å²) in [4.78, 5) is 11.3. The molecule has 0 saturated heterocycles. The summed E-state index contributed by atoms with van der Waals surface area (Å²) in [5.41, 5.74) is 6.57. The Hall–Kier alpha value is -0.830. The van der Waals surface area contributed by atoms with Crippen molar-refractivity contribution in [3.63, 3.8) is 0 Å². The summed E-state index contributed by atoms with van der Waals surface area (Å²) in [6, 6.07) is 0. The SMILES string of the molecule is NCCNC(=O)CC1=CCCCC1. The molecule has 0 saturated carbocycles. The van der Waals surface area contributed by atoms with E-state index in [-0.39, 0.29) is 5.91 Å². The number of amides is 1. The van der Waals surface area contributed by atoms with Crippen LogP contribution in [-0.2, 0) is 4.79 Å². The summed E-state index contributed by atoms with van der Waals surface area (Å²) >= 11 is 0. The van der Waals surface area contributed by atoms with Crippen molar-refractivity contribution in [2.75, 3.05) is 13.1 Å². The van der Waals surface area contributed by atoms with Crippen LogP contribution in [0.3, 0.4) is 0 Å². The number of allylic oxidation sites excluding steroid dienone is 1. The van der Waals surface area contributed by atoms with Crippen LogP contribution in [-0.4, -0.2) is 19.0 Å². The van der Waals surface area contributed by atoms with Crippen LogP contribution in [0.15, 0.2) is 11.6 Å². The quantitative estimate of drug-likeness (QED) is 0.636. The minimum absolute atomic E-state index is 0.110. The van der Waals surface area contributed by atoms with E-state index in [2.05, 4.69) is 11.4 Å². The number of hydrogen-bond donors (Lipinski definition) is 2. The van der Waals surface area contributed by atoms with E-state index in [0.717, 1.165) is 12.8 Å². The average molecular weight is 182 g/mol. The smallest absolute Gasteiger partial charge is 0.224 e. The van der Waals surface area contributed by atoms with Crippen molar-refractivity contribution in [3.8, 4) is 0 Å². The fourth-order valence-corrected chi connectivity index (χ4v) is 1.55. The van der Waals surface area contributed by atoms with Crippen molar-refractivity contribution in [2.24, 2.45) is 5.73 Å². The van der Waals surface area contributed by atoms with E-state index in [1.165, 1.54) is 18.4 Å². The fourth-order valence-electron chi connectivity index (χ4n) is 1.55. The second-order valence-electron chi connectivity index (χ2n) is 3.42. The van der Waals surface area contributed by atoms with E-state index in [0.29, 0.717) is 19.5 Å². The Morgan fingerprint density at radius 2 is 2.38 bits per heavy atom. The van der Waals surface area contributed by atoms with Crippen molar-refractivity contribution in [1.82, 2.24) is 5.32 Å². The zero-order chi connectivity index (χ0) is 9.52. The lowest BCUT2D eigenvalue weighted by Crippen LogP contribution is -2.29. The molecule has 0 heterocycles. The molecule has 0 aromatic rings. The summed E-state index contributed by atoms with van der Waals surface area (Å²) in [5.74, 6) is 0.110. The molecule has 0 aliphatic heterocycles. The lowest BCUT2D eigenvalue weighted by Gasteiger charge is -2.12. The summed E-state index contributed by atoms with van der Waals surface area (Å²) in [6.45, 7) is 1.11. The maximum absolute atomic E-state index is 11.3. The van der Waals surface area contributed by atoms with E-state index in [1.54, 1.807) is 0 Å². The molecule has 0 fully saturated rings. The lowest BCUT2D eigenvalue weighted by atomic mass is 9.97. The van der Waals surface area contributed by atoms with Gasteiger partial charge in [0.25, 0.3) is 0 Å². The van der Waals surface area contributed by atoms with Crippen molar-refractivity contribution in [2.45, 2.75) is 32.1 Å². The molecular weight excluding hydrogens is 164 g/mol. The van der Waals surface area contributed by atoms with Gasteiger partial charge in [0, 0.05) is 19.5 Å². The first-order valence-electron chi connectivity index (χ1n) is 4.97. The van der Waals surface area contributed by atoms with Gasteiger partial charge in [-0.05, 0) is 25.7 Å². The van der Waals surface area contributed by atoms with Crippen molar-refractivity contribution in [1.29, 1.82) is 0 Å². The van der Waals surface area contributed by atoms with E-state index >= 15 is 0 Å². The molecule has 1 aliphatic rings. The zero-order valence-electron chi connectivity index (χ0n) is 8.01. The number of rotatable bonds is 4. The van der Waals surface area contributed by atoms with Gasteiger partial charge in [0.1, 0.15) is 0 Å². The number of carbonyl (C=O) groups is 1. The summed E-state index contributed by atoms with van der Waals surface area (Å²) in [6.07, 6.45) is 7.50. The molecule has 3 nitrogen and oxygen atoms in total. The highest BCUT2D eigenvalue weighted by Gasteiger charge is 2.07. The van der Waals surface area contributed by atoms with Crippen LogP contribution in [0.4, 0.5) is 0 Å². The second kappa shape index (κ2) is 5.75. The minimum atomic E-state index is 0.110. The van der Waals surface area contributed by atoms with Gasteiger partial charge in [0.05, 0.1) is 0 Å². The molecule has 3 N–H and O–H groups in total. The van der Waals surface area contributed by atoms with Crippen molar-refractivity contribution in [3.05, 3.63) is 11.6 Å². The minimum Gasteiger partial charge on any atom is -0.355 e. The standard InChI is InChI=1S/C10H18N2O/c11-6-7-12-10(13)8-9-4-2-1-3-5-9/h4H,1-3,5-8,11H2,(H,12,13). The number of nitrogens with two attached hydrogens (primary N) is 1. The van der Waals surface area contributed by atoms with Gasteiger partial charge in [0.15, 0.2) is 0 Å². The Morgan fingerprint density at radius 1 is 1.54 bits per heavy atom. The van der Waals surface area contributed by atoms with Gasteiger partial charge >= 0.3 is 0 Å². The molecule has 74 valence electrons. The summed E-state index contributed by atoms with van der Waals surface area (Å²) in [7, 11) is 0. The monoisotopic (exact) mass is 182 g/mol. The van der Waals surface area contributed by atoms with E-state index in [4.69, 9.17) is 5.73 Å². The fraction of sp³-hybridized carbons (Fsp3) is 0.700. The Labute approximate surface area is 79.4 Å². The van der Waals surface area contributed by atoms with Crippen LogP contribution >= 0.6 is 0 Å². The van der Waals surface area contributed by atoms with Crippen LogP contribution in [0, 0.1) is 0 Å². The molecule has 3 heteroatoms. The Morgan fingerprint density at radius 3 is 3.00 bits per heavy atom. The molecule has 0 radical (unpaired) electrons. The largest absolute Gasteiger partial charge is 0.355 e. The predicted molar refractivity (Wildman–Crippen MR) is 53.2 cm³/mol. The highest BCUT2D eigenvalue weighted by atomic mass is 16.1. The van der Waals surface area contributed by atoms with Crippen LogP contribution in [0.1, 0.15) is 32.1 Å². The van der Waals surface area contributed by atoms with E-state index in [9.17, 15) is 4.79 Å². The second-order valence-corrected chi connectivity index (χ2v) is 3.42. The number of hydrogen-bond acceptors (Lipinski definition) is 2. The Bertz CT molecular complexity index is 199. The number of nitrogens with one attached hydrogen (secondary N) is 1. The molecule has 0 spiro atoms. The van der Waals surface area contributed by atoms with E-state index < -0.39 is 0 Å². The van der Waals surface area contributed by atoms with Gasteiger partial charge in [-0.2, -0.15) is 0 Å². The van der Waals surface area contributed by atoms with Crippen molar-refractivity contribution < 1.29 is 4.79 Å². The first-order chi connectivity index (χ1) is 6.33. The van der Waals surface area contributed by atoms with Crippen LogP contribution < -0.4 is 11.1 Å². The molecule has 0 aromatic carbocycles. The number of carbonyl (C=O) groups excluding carboxylic acids is 1. The first-order valence-corrected chi connectivity index (χ1v) is 4.97. The lowest BCUT2D eigenvalue weighted by molar-refractivity contribution is -0.120. The van der Waals surface area contributed by atoms with Gasteiger partial charge in [0.2, 0.25) is 5.91 Å². The maximum atomic E-state index is 11.3. The van der Waals surface area contributed by atoms with Crippen LogP contribution in [0.2, 0.25) is 0 Å². The highest BCUT2D eigenvalue weighted by molar-refractivity contribution is 5.78. The van der Waals surface area contributed by atoms with Gasteiger partial charge in [-0.3, -0.25) is 4.79 Å². The van der Waals surface area contributed by atoms with Crippen LogP contribution in [0.25, 0.3) is 0 Å². The van der Waals surface area contributed by atoms with Gasteiger partial charge in [-0.1, -0.05) is 11.6 Å². The van der Waals surface area contributed by atoms with E-state index in [1.807, 2.05) is 0 Å². The third kappa shape index (κ3) is 4.08. The molecule has 13 heavy (non-hydrogen) atoms. The van der Waals surface area contributed by atoms with Gasteiger partial charge < -0.3 is 11.1 Å². The topological polar surface area (TPSA) is 55.1 Å². The molecule has 0 bridgehead atoms. The average Bonchev–Trinajstić information content (AvgIpc) is 2.16. The third-order valence-corrected chi connectivity index (χ3v) is 2.24. The first kappa shape index (κ1) is 10.3.